The number of sulfonamides is 1. The lowest BCUT2D eigenvalue weighted by molar-refractivity contribution is 0.101. The van der Waals surface area contributed by atoms with Crippen LogP contribution in [0, 0.1) is 0 Å². The predicted octanol–water partition coefficient (Wildman–Crippen LogP) is 2.60. The van der Waals surface area contributed by atoms with Gasteiger partial charge in [0, 0.05) is 19.2 Å². The van der Waals surface area contributed by atoms with Crippen LogP contribution in [0.1, 0.15) is 17.3 Å². The molecular weight excluding hydrogens is 342 g/mol. The lowest BCUT2D eigenvalue weighted by Gasteiger charge is -2.18. The zero-order chi connectivity index (χ0) is 18.4. The molecule has 6 nitrogen and oxygen atoms in total. The van der Waals surface area contributed by atoms with Gasteiger partial charge in [-0.15, -0.1) is 0 Å². The molecule has 0 atom stereocenters. The average molecular weight is 363 g/mol. The number of rotatable bonds is 8. The van der Waals surface area contributed by atoms with Crippen molar-refractivity contribution in [3.05, 3.63) is 54.1 Å². The number of ether oxygens (including phenoxy) is 2. The Balaban J connectivity index is 1.99. The highest BCUT2D eigenvalue weighted by molar-refractivity contribution is 7.89. The molecular formula is C18H21NO5S. The smallest absolute Gasteiger partial charge is 0.242 e. The molecule has 134 valence electrons. The van der Waals surface area contributed by atoms with Gasteiger partial charge in [-0.05, 0) is 43.3 Å². The molecule has 0 aliphatic carbocycles. The lowest BCUT2D eigenvalue weighted by atomic mass is 10.2. The van der Waals surface area contributed by atoms with E-state index in [-0.39, 0.29) is 23.8 Å². The van der Waals surface area contributed by atoms with Crippen molar-refractivity contribution in [1.82, 2.24) is 4.31 Å². The summed E-state index contributed by atoms with van der Waals surface area (Å²) in [6, 6.07) is 13.1. The molecule has 0 fully saturated rings. The third kappa shape index (κ3) is 4.80. The van der Waals surface area contributed by atoms with Crippen LogP contribution in [0.4, 0.5) is 0 Å². The van der Waals surface area contributed by atoms with E-state index in [0.29, 0.717) is 11.3 Å². The number of nitrogens with zero attached hydrogens (tertiary/aromatic N) is 1. The molecule has 0 spiro atoms. The summed E-state index contributed by atoms with van der Waals surface area (Å²) >= 11 is 0. The van der Waals surface area contributed by atoms with Crippen molar-refractivity contribution in [3.8, 4) is 11.5 Å². The minimum absolute atomic E-state index is 0.0900. The van der Waals surface area contributed by atoms with Crippen LogP contribution in [0.3, 0.4) is 0 Å². The molecule has 0 saturated heterocycles. The topological polar surface area (TPSA) is 72.9 Å². The van der Waals surface area contributed by atoms with E-state index in [2.05, 4.69) is 0 Å². The van der Waals surface area contributed by atoms with Crippen LogP contribution < -0.4 is 9.47 Å². The van der Waals surface area contributed by atoms with Gasteiger partial charge in [0.2, 0.25) is 10.0 Å². The zero-order valence-corrected chi connectivity index (χ0v) is 15.2. The molecule has 2 aromatic carbocycles. The molecule has 0 N–H and O–H groups in total. The third-order valence-corrected chi connectivity index (χ3v) is 5.54. The number of benzene rings is 2. The van der Waals surface area contributed by atoms with Gasteiger partial charge in [-0.2, -0.15) is 4.31 Å². The molecule has 2 rings (SSSR count). The monoisotopic (exact) mass is 363 g/mol. The molecule has 0 heterocycles. The Morgan fingerprint density at radius 2 is 1.72 bits per heavy atom. The molecule has 2 aromatic rings. The van der Waals surface area contributed by atoms with Crippen molar-refractivity contribution in [1.29, 1.82) is 0 Å². The molecule has 0 radical (unpaired) electrons. The highest BCUT2D eigenvalue weighted by atomic mass is 32.2. The molecule has 0 amide bonds. The second-order valence-corrected chi connectivity index (χ2v) is 7.48. The molecule has 0 saturated carbocycles. The van der Waals surface area contributed by atoms with Gasteiger partial charge in [0.05, 0.1) is 12.0 Å². The maximum Gasteiger partial charge on any atom is 0.242 e. The molecule has 0 aliphatic heterocycles. The molecule has 0 unspecified atom stereocenters. The summed E-state index contributed by atoms with van der Waals surface area (Å²) in [4.78, 5) is 11.5. The Morgan fingerprint density at radius 1 is 1.08 bits per heavy atom. The van der Waals surface area contributed by atoms with Gasteiger partial charge in [-0.25, -0.2) is 8.42 Å². The number of carbonyl (C=O) groups excluding carboxylic acids is 1. The van der Waals surface area contributed by atoms with Gasteiger partial charge >= 0.3 is 0 Å². The molecule has 0 bridgehead atoms. The first-order valence-corrected chi connectivity index (χ1v) is 9.13. The summed E-state index contributed by atoms with van der Waals surface area (Å²) in [5, 5.41) is 0. The fourth-order valence-corrected chi connectivity index (χ4v) is 3.34. The predicted molar refractivity (Wildman–Crippen MR) is 94.8 cm³/mol. The van der Waals surface area contributed by atoms with Crippen LogP contribution in [-0.4, -0.2) is 45.8 Å². The van der Waals surface area contributed by atoms with Gasteiger partial charge in [0.1, 0.15) is 18.1 Å². The third-order valence-electron chi connectivity index (χ3n) is 3.68. The summed E-state index contributed by atoms with van der Waals surface area (Å²) in [6.45, 7) is 1.78. The van der Waals surface area contributed by atoms with Crippen molar-refractivity contribution >= 4 is 15.8 Å². The van der Waals surface area contributed by atoms with E-state index in [9.17, 15) is 13.2 Å². The molecule has 0 aromatic heterocycles. The van der Waals surface area contributed by atoms with Crippen LogP contribution in [0.2, 0.25) is 0 Å². The van der Waals surface area contributed by atoms with Crippen molar-refractivity contribution < 1.29 is 22.7 Å². The highest BCUT2D eigenvalue weighted by Gasteiger charge is 2.21. The van der Waals surface area contributed by atoms with E-state index in [1.54, 1.807) is 43.5 Å². The van der Waals surface area contributed by atoms with Gasteiger partial charge < -0.3 is 9.47 Å². The Morgan fingerprint density at radius 3 is 2.32 bits per heavy atom. The van der Waals surface area contributed by atoms with E-state index >= 15 is 0 Å². The van der Waals surface area contributed by atoms with Crippen LogP contribution in [0.25, 0.3) is 0 Å². The van der Waals surface area contributed by atoms with Crippen molar-refractivity contribution in [2.24, 2.45) is 0 Å². The maximum absolute atomic E-state index is 12.6. The lowest BCUT2D eigenvalue weighted by Crippen LogP contribution is -2.31. The van der Waals surface area contributed by atoms with E-state index in [4.69, 9.17) is 9.47 Å². The number of carbonyl (C=O) groups is 1. The second kappa shape index (κ2) is 8.13. The Bertz CT molecular complexity index is 831. The van der Waals surface area contributed by atoms with E-state index in [1.165, 1.54) is 30.4 Å². The summed E-state index contributed by atoms with van der Waals surface area (Å²) in [5.74, 6) is 1.17. The summed E-state index contributed by atoms with van der Waals surface area (Å²) < 4.78 is 37.0. The summed E-state index contributed by atoms with van der Waals surface area (Å²) in [5.41, 5.74) is 0.365. The first kappa shape index (κ1) is 19.0. The Hall–Kier alpha value is -2.38. The van der Waals surface area contributed by atoms with E-state index in [1.807, 2.05) is 0 Å². The number of hydrogen-bond acceptors (Lipinski definition) is 5. The largest absolute Gasteiger partial charge is 0.497 e. The quantitative estimate of drug-likeness (QED) is 0.674. The van der Waals surface area contributed by atoms with Gasteiger partial charge in [0.15, 0.2) is 5.78 Å². The van der Waals surface area contributed by atoms with Crippen LogP contribution in [0.15, 0.2) is 53.4 Å². The average Bonchev–Trinajstić information content (AvgIpc) is 2.62. The van der Waals surface area contributed by atoms with Crippen LogP contribution >= 0.6 is 0 Å². The van der Waals surface area contributed by atoms with E-state index in [0.717, 1.165) is 5.75 Å². The number of Topliss-reactive ketones (excluding diaryl/α,β-unsaturated/α-hetero) is 1. The molecule has 7 heteroatoms. The normalized spacial score (nSPS) is 11.4. The second-order valence-electron chi connectivity index (χ2n) is 5.43. The number of ketones is 1. The summed E-state index contributed by atoms with van der Waals surface area (Å²) in [6.07, 6.45) is 0. The van der Waals surface area contributed by atoms with Crippen LogP contribution in [0.5, 0.6) is 11.5 Å². The molecule has 25 heavy (non-hydrogen) atoms. The minimum Gasteiger partial charge on any atom is -0.497 e. The number of hydrogen-bond donors (Lipinski definition) is 0. The SMILES string of the molecule is COc1ccc(OCCN(C)S(=O)(=O)c2cccc(C(C)=O)c2)cc1. The van der Waals surface area contributed by atoms with Gasteiger partial charge in [0.25, 0.3) is 0 Å². The van der Waals surface area contributed by atoms with Gasteiger partial charge in [-0.3, -0.25) is 4.79 Å². The minimum atomic E-state index is -3.68. The number of likely N-dealkylation sites (N-methyl/N-ethyl adjacent to an activating group) is 1. The van der Waals surface area contributed by atoms with Crippen molar-refractivity contribution in [2.45, 2.75) is 11.8 Å². The highest BCUT2D eigenvalue weighted by Crippen LogP contribution is 2.18. The first-order valence-electron chi connectivity index (χ1n) is 7.69. The summed E-state index contributed by atoms with van der Waals surface area (Å²) in [7, 11) is -0.620. The van der Waals surface area contributed by atoms with E-state index < -0.39 is 10.0 Å². The Labute approximate surface area is 148 Å². The van der Waals surface area contributed by atoms with Crippen molar-refractivity contribution in [2.75, 3.05) is 27.3 Å². The van der Waals surface area contributed by atoms with Crippen molar-refractivity contribution in [3.63, 3.8) is 0 Å². The Kier molecular flexibility index (Phi) is 6.17. The number of methoxy groups -OCH3 is 1. The first-order chi connectivity index (χ1) is 11.8. The zero-order valence-electron chi connectivity index (χ0n) is 14.4. The fourth-order valence-electron chi connectivity index (χ4n) is 2.14. The maximum atomic E-state index is 12.6. The van der Waals surface area contributed by atoms with Crippen LogP contribution in [-0.2, 0) is 10.0 Å². The standard InChI is InChI=1S/C18H21NO5S/c1-14(20)15-5-4-6-18(13-15)25(21,22)19(2)11-12-24-17-9-7-16(23-3)8-10-17/h4-10,13H,11-12H2,1-3H3. The fraction of sp³-hybridized carbons (Fsp3) is 0.278. The van der Waals surface area contributed by atoms with Gasteiger partial charge in [-0.1, -0.05) is 12.1 Å². The molecule has 0 aliphatic rings.